The predicted octanol–water partition coefficient (Wildman–Crippen LogP) is 2.97. The molecule has 0 saturated carbocycles. The van der Waals surface area contributed by atoms with Crippen molar-refractivity contribution in [1.29, 1.82) is 0 Å². The molecule has 0 radical (unpaired) electrons. The van der Waals surface area contributed by atoms with Crippen molar-refractivity contribution in [1.82, 2.24) is 4.98 Å². The first kappa shape index (κ1) is 13.5. The Hall–Kier alpha value is -1.90. The average molecular weight is 277 g/mol. The molecule has 0 N–H and O–H groups in total. The Balaban J connectivity index is 2.14. The van der Waals surface area contributed by atoms with Gasteiger partial charge in [0.15, 0.2) is 18.4 Å². The van der Waals surface area contributed by atoms with Crippen molar-refractivity contribution in [3.8, 4) is 17.6 Å². The third-order valence-electron chi connectivity index (χ3n) is 2.22. The highest BCUT2D eigenvalue weighted by atomic mass is 32.1. The van der Waals surface area contributed by atoms with Gasteiger partial charge in [-0.25, -0.2) is 9.37 Å². The summed E-state index contributed by atoms with van der Waals surface area (Å²) in [6, 6.07) is 4.56. The van der Waals surface area contributed by atoms with Gasteiger partial charge in [-0.3, -0.25) is 0 Å². The van der Waals surface area contributed by atoms with Gasteiger partial charge in [-0.1, -0.05) is 5.92 Å². The zero-order valence-corrected chi connectivity index (χ0v) is 11.4. The number of halogens is 1. The van der Waals surface area contributed by atoms with Crippen LogP contribution in [0.15, 0.2) is 23.6 Å². The highest BCUT2D eigenvalue weighted by Gasteiger charge is 2.03. The summed E-state index contributed by atoms with van der Waals surface area (Å²) < 4.78 is 23.4. The molecule has 0 aliphatic rings. The molecule has 0 saturated heterocycles. The SMILES string of the molecule is COCOc1ccc(C#Cc2csc(C)n2)cc1F. The average Bonchev–Trinajstić information content (AvgIpc) is 2.81. The Kier molecular flexibility index (Phi) is 4.50. The van der Waals surface area contributed by atoms with Gasteiger partial charge in [0.2, 0.25) is 0 Å². The third-order valence-corrected chi connectivity index (χ3v) is 2.99. The van der Waals surface area contributed by atoms with E-state index >= 15 is 0 Å². The van der Waals surface area contributed by atoms with Gasteiger partial charge in [-0.15, -0.1) is 11.3 Å². The smallest absolute Gasteiger partial charge is 0.188 e. The van der Waals surface area contributed by atoms with E-state index in [0.717, 1.165) is 5.01 Å². The number of thiazole rings is 1. The van der Waals surface area contributed by atoms with Crippen LogP contribution >= 0.6 is 11.3 Å². The van der Waals surface area contributed by atoms with Gasteiger partial charge in [-0.05, 0) is 31.0 Å². The zero-order chi connectivity index (χ0) is 13.7. The minimum Gasteiger partial charge on any atom is -0.464 e. The molecule has 0 atom stereocenters. The number of benzene rings is 1. The number of rotatable bonds is 3. The van der Waals surface area contributed by atoms with Crippen LogP contribution in [-0.2, 0) is 4.74 Å². The minimum atomic E-state index is -0.460. The van der Waals surface area contributed by atoms with E-state index in [1.165, 1.54) is 30.6 Å². The van der Waals surface area contributed by atoms with E-state index in [2.05, 4.69) is 16.8 Å². The molecule has 5 heteroatoms. The molecule has 0 spiro atoms. The zero-order valence-electron chi connectivity index (χ0n) is 10.6. The Labute approximate surface area is 115 Å². The first-order valence-electron chi connectivity index (χ1n) is 5.54. The van der Waals surface area contributed by atoms with Gasteiger partial charge < -0.3 is 9.47 Å². The van der Waals surface area contributed by atoms with Crippen molar-refractivity contribution >= 4 is 11.3 Å². The number of aromatic nitrogens is 1. The molecule has 0 fully saturated rings. The van der Waals surface area contributed by atoms with Gasteiger partial charge >= 0.3 is 0 Å². The number of ether oxygens (including phenoxy) is 2. The molecule has 0 aliphatic carbocycles. The fourth-order valence-corrected chi connectivity index (χ4v) is 1.92. The quantitative estimate of drug-likeness (QED) is 0.638. The van der Waals surface area contributed by atoms with Crippen molar-refractivity contribution in [2.75, 3.05) is 13.9 Å². The number of nitrogens with zero attached hydrogens (tertiary/aromatic N) is 1. The Morgan fingerprint density at radius 3 is 2.84 bits per heavy atom. The number of methoxy groups -OCH3 is 1. The molecule has 0 amide bonds. The molecule has 19 heavy (non-hydrogen) atoms. The highest BCUT2D eigenvalue weighted by Crippen LogP contribution is 2.18. The second-order valence-electron chi connectivity index (χ2n) is 3.70. The van der Waals surface area contributed by atoms with Gasteiger partial charge in [-0.2, -0.15) is 0 Å². The molecule has 98 valence electrons. The molecule has 1 aromatic heterocycles. The Bertz CT molecular complexity index is 628. The van der Waals surface area contributed by atoms with Crippen LogP contribution in [-0.4, -0.2) is 18.9 Å². The molecule has 0 bridgehead atoms. The fraction of sp³-hybridized carbons (Fsp3) is 0.214. The number of hydrogen-bond acceptors (Lipinski definition) is 4. The first-order valence-corrected chi connectivity index (χ1v) is 6.42. The summed E-state index contributed by atoms with van der Waals surface area (Å²) in [5, 5.41) is 2.83. The number of aryl methyl sites for hydroxylation is 1. The van der Waals surface area contributed by atoms with Crippen LogP contribution in [0.4, 0.5) is 4.39 Å². The lowest BCUT2D eigenvalue weighted by Gasteiger charge is -2.05. The maximum atomic E-state index is 13.6. The van der Waals surface area contributed by atoms with Gasteiger partial charge in [0.25, 0.3) is 0 Å². The van der Waals surface area contributed by atoms with E-state index in [4.69, 9.17) is 9.47 Å². The molecule has 2 rings (SSSR count). The molecular formula is C14H12FNO2S. The molecule has 0 aliphatic heterocycles. The van der Waals surface area contributed by atoms with E-state index in [1.54, 1.807) is 6.07 Å². The van der Waals surface area contributed by atoms with E-state index < -0.39 is 5.82 Å². The van der Waals surface area contributed by atoms with Crippen LogP contribution in [0.25, 0.3) is 0 Å². The van der Waals surface area contributed by atoms with Crippen LogP contribution in [0.2, 0.25) is 0 Å². The molecule has 3 nitrogen and oxygen atoms in total. The van der Waals surface area contributed by atoms with E-state index in [-0.39, 0.29) is 12.5 Å². The molecule has 2 aromatic rings. The lowest BCUT2D eigenvalue weighted by molar-refractivity contribution is 0.0483. The standard InChI is InChI=1S/C14H12FNO2S/c1-10-16-12(8-19-10)5-3-11-4-6-14(13(15)7-11)18-9-17-2/h4,6-8H,9H2,1-2H3. The second-order valence-corrected chi connectivity index (χ2v) is 4.76. The van der Waals surface area contributed by atoms with Crippen LogP contribution in [0.3, 0.4) is 0 Å². The van der Waals surface area contributed by atoms with E-state index in [0.29, 0.717) is 11.3 Å². The van der Waals surface area contributed by atoms with Crippen LogP contribution < -0.4 is 4.74 Å². The van der Waals surface area contributed by atoms with Gasteiger partial charge in [0, 0.05) is 18.1 Å². The van der Waals surface area contributed by atoms with Crippen molar-refractivity contribution in [2.45, 2.75) is 6.92 Å². The summed E-state index contributed by atoms with van der Waals surface area (Å²) in [5.41, 5.74) is 1.27. The van der Waals surface area contributed by atoms with E-state index in [9.17, 15) is 4.39 Å². The molecular weight excluding hydrogens is 265 g/mol. The number of hydrogen-bond donors (Lipinski definition) is 0. The van der Waals surface area contributed by atoms with Gasteiger partial charge in [0.1, 0.15) is 5.69 Å². The Morgan fingerprint density at radius 2 is 2.21 bits per heavy atom. The maximum Gasteiger partial charge on any atom is 0.188 e. The van der Waals surface area contributed by atoms with Crippen molar-refractivity contribution in [2.24, 2.45) is 0 Å². The summed E-state index contributed by atoms with van der Waals surface area (Å²) in [6.07, 6.45) is 0. The van der Waals surface area contributed by atoms with Crippen molar-refractivity contribution in [3.63, 3.8) is 0 Å². The third kappa shape index (κ3) is 3.78. The first-order chi connectivity index (χ1) is 9.19. The van der Waals surface area contributed by atoms with E-state index in [1.807, 2.05) is 12.3 Å². The van der Waals surface area contributed by atoms with Crippen molar-refractivity contribution < 1.29 is 13.9 Å². The molecule has 1 heterocycles. The van der Waals surface area contributed by atoms with Crippen LogP contribution in [0.1, 0.15) is 16.3 Å². The molecule has 0 unspecified atom stereocenters. The topological polar surface area (TPSA) is 31.4 Å². The predicted molar refractivity (Wildman–Crippen MR) is 71.7 cm³/mol. The second kappa shape index (κ2) is 6.32. The minimum absolute atomic E-state index is 0.0139. The largest absolute Gasteiger partial charge is 0.464 e. The summed E-state index contributed by atoms with van der Waals surface area (Å²) in [7, 11) is 1.48. The van der Waals surface area contributed by atoms with Crippen LogP contribution in [0, 0.1) is 24.6 Å². The molecule has 1 aromatic carbocycles. The van der Waals surface area contributed by atoms with Gasteiger partial charge in [0.05, 0.1) is 5.01 Å². The summed E-state index contributed by atoms with van der Waals surface area (Å²) in [4.78, 5) is 4.22. The fourth-order valence-electron chi connectivity index (χ4n) is 1.38. The highest BCUT2D eigenvalue weighted by molar-refractivity contribution is 7.09. The van der Waals surface area contributed by atoms with Crippen LogP contribution in [0.5, 0.6) is 5.75 Å². The monoisotopic (exact) mass is 277 g/mol. The maximum absolute atomic E-state index is 13.6. The summed E-state index contributed by atoms with van der Waals surface area (Å²) in [6.45, 7) is 1.93. The lowest BCUT2D eigenvalue weighted by atomic mass is 10.2. The summed E-state index contributed by atoms with van der Waals surface area (Å²) >= 11 is 1.53. The Morgan fingerprint density at radius 1 is 1.37 bits per heavy atom. The lowest BCUT2D eigenvalue weighted by Crippen LogP contribution is -2.00. The van der Waals surface area contributed by atoms with Crippen molar-refractivity contribution in [3.05, 3.63) is 45.7 Å². The normalized spacial score (nSPS) is 9.84. The summed E-state index contributed by atoms with van der Waals surface area (Å²) in [5.74, 6) is 5.44.